The number of rotatable bonds is 5. The zero-order valence-electron chi connectivity index (χ0n) is 12.9. The van der Waals surface area contributed by atoms with E-state index in [2.05, 4.69) is 9.88 Å². The zero-order chi connectivity index (χ0) is 15.5. The Labute approximate surface area is 133 Å². The first kappa shape index (κ1) is 15.4. The fraction of sp³-hybridized carbons (Fsp3) is 0.500. The monoisotopic (exact) mass is 320 g/mol. The first-order valence-corrected chi connectivity index (χ1v) is 8.33. The lowest BCUT2D eigenvalue weighted by Crippen LogP contribution is -2.45. The third-order valence-electron chi connectivity index (χ3n) is 3.98. The topological polar surface area (TPSA) is 55.6 Å². The van der Waals surface area contributed by atoms with Crippen molar-refractivity contribution < 1.29 is 13.9 Å². The second-order valence-corrected chi connectivity index (χ2v) is 6.50. The highest BCUT2D eigenvalue weighted by atomic mass is 32.1. The lowest BCUT2D eigenvalue weighted by Gasteiger charge is -2.34. The minimum atomic E-state index is 0.0795. The van der Waals surface area contributed by atoms with Crippen molar-refractivity contribution in [1.82, 2.24) is 9.88 Å². The van der Waals surface area contributed by atoms with Crippen LogP contribution in [-0.4, -0.2) is 41.5 Å². The number of ketones is 1. The van der Waals surface area contributed by atoms with Crippen LogP contribution in [0.25, 0.3) is 0 Å². The van der Waals surface area contributed by atoms with Crippen molar-refractivity contribution in [3.63, 3.8) is 0 Å². The lowest BCUT2D eigenvalue weighted by molar-refractivity contribution is -0.0159. The molecule has 0 radical (unpaired) electrons. The molecule has 0 aromatic carbocycles. The van der Waals surface area contributed by atoms with Crippen molar-refractivity contribution in [3.8, 4) is 0 Å². The maximum atomic E-state index is 12.3. The molecule has 3 rings (SSSR count). The Balaban J connectivity index is 1.67. The van der Waals surface area contributed by atoms with E-state index in [1.54, 1.807) is 0 Å². The van der Waals surface area contributed by atoms with Gasteiger partial charge < -0.3 is 9.15 Å². The molecule has 0 bridgehead atoms. The number of Topliss-reactive ketones (excluding diaryl/α,β-unsaturated/α-hetero) is 1. The summed E-state index contributed by atoms with van der Waals surface area (Å²) in [5.41, 5.74) is 0.925. The smallest absolute Gasteiger partial charge is 0.208 e. The van der Waals surface area contributed by atoms with Gasteiger partial charge in [0.05, 0.1) is 30.3 Å². The van der Waals surface area contributed by atoms with Crippen molar-refractivity contribution in [3.05, 3.63) is 39.7 Å². The third kappa shape index (κ3) is 3.45. The number of hydrogen-bond acceptors (Lipinski definition) is 6. The van der Waals surface area contributed by atoms with Crippen molar-refractivity contribution >= 4 is 17.1 Å². The summed E-state index contributed by atoms with van der Waals surface area (Å²) >= 11 is 1.49. The average molecular weight is 320 g/mol. The Bertz CT molecular complexity index is 616. The number of carbonyl (C=O) groups excluding carboxylic acids is 1. The van der Waals surface area contributed by atoms with E-state index in [1.807, 2.05) is 31.4 Å². The summed E-state index contributed by atoms with van der Waals surface area (Å²) in [7, 11) is 0. The van der Waals surface area contributed by atoms with E-state index in [9.17, 15) is 4.79 Å². The minimum absolute atomic E-state index is 0.0795. The van der Waals surface area contributed by atoms with E-state index in [0.29, 0.717) is 32.1 Å². The van der Waals surface area contributed by atoms with Gasteiger partial charge in [0.15, 0.2) is 5.78 Å². The van der Waals surface area contributed by atoms with Crippen LogP contribution in [0.2, 0.25) is 0 Å². The van der Waals surface area contributed by atoms with Gasteiger partial charge in [-0.1, -0.05) is 6.07 Å². The van der Waals surface area contributed by atoms with E-state index >= 15 is 0 Å². The van der Waals surface area contributed by atoms with Crippen LogP contribution >= 0.6 is 11.3 Å². The van der Waals surface area contributed by atoms with Crippen LogP contribution in [-0.2, 0) is 11.3 Å². The molecule has 1 aliphatic rings. The molecular weight excluding hydrogens is 300 g/mol. The molecule has 6 heteroatoms. The van der Waals surface area contributed by atoms with Crippen molar-refractivity contribution in [2.45, 2.75) is 32.9 Å². The Morgan fingerprint density at radius 3 is 3.05 bits per heavy atom. The molecule has 0 amide bonds. The summed E-state index contributed by atoms with van der Waals surface area (Å²) in [5, 5.41) is 1.93. The fourth-order valence-corrected chi connectivity index (χ4v) is 3.29. The molecule has 1 atom stereocenters. The van der Waals surface area contributed by atoms with E-state index in [4.69, 9.17) is 9.15 Å². The van der Waals surface area contributed by atoms with Crippen LogP contribution in [0.15, 0.2) is 21.9 Å². The van der Waals surface area contributed by atoms with E-state index < -0.39 is 0 Å². The summed E-state index contributed by atoms with van der Waals surface area (Å²) in [6.07, 6.45) is 0.471. The SMILES string of the molecule is Cc1nc(CN2CCOC[C@@H]2CC(=O)c2cccs2)oc1C. The molecule has 0 spiro atoms. The van der Waals surface area contributed by atoms with Gasteiger partial charge >= 0.3 is 0 Å². The normalized spacial score (nSPS) is 19.5. The Morgan fingerprint density at radius 2 is 2.36 bits per heavy atom. The number of ether oxygens (including phenoxy) is 1. The molecule has 118 valence electrons. The summed E-state index contributed by atoms with van der Waals surface area (Å²) < 4.78 is 11.2. The van der Waals surface area contributed by atoms with E-state index in [1.165, 1.54) is 11.3 Å². The van der Waals surface area contributed by atoms with E-state index in [-0.39, 0.29) is 11.8 Å². The van der Waals surface area contributed by atoms with Gasteiger partial charge in [0.2, 0.25) is 5.89 Å². The zero-order valence-corrected chi connectivity index (χ0v) is 13.7. The van der Waals surface area contributed by atoms with Gasteiger partial charge in [-0.05, 0) is 25.3 Å². The molecule has 2 aromatic rings. The summed E-state index contributed by atoms with van der Waals surface area (Å²) in [6, 6.07) is 3.86. The first-order valence-electron chi connectivity index (χ1n) is 7.45. The molecule has 0 aliphatic carbocycles. The van der Waals surface area contributed by atoms with Crippen molar-refractivity contribution in [2.24, 2.45) is 0 Å². The number of thiophene rings is 1. The van der Waals surface area contributed by atoms with Gasteiger partial charge in [0, 0.05) is 19.0 Å². The highest BCUT2D eigenvalue weighted by Gasteiger charge is 2.27. The Morgan fingerprint density at radius 1 is 1.50 bits per heavy atom. The second-order valence-electron chi connectivity index (χ2n) is 5.55. The van der Waals surface area contributed by atoms with Gasteiger partial charge in [0.25, 0.3) is 0 Å². The highest BCUT2D eigenvalue weighted by molar-refractivity contribution is 7.12. The molecule has 0 unspecified atom stereocenters. The molecule has 2 aromatic heterocycles. The summed E-state index contributed by atoms with van der Waals surface area (Å²) in [4.78, 5) is 19.8. The number of aryl methyl sites for hydroxylation is 2. The van der Waals surface area contributed by atoms with E-state index in [0.717, 1.165) is 22.9 Å². The largest absolute Gasteiger partial charge is 0.444 e. The standard InChI is InChI=1S/C16H20N2O3S/c1-11-12(2)21-16(17-11)9-18-5-6-20-10-13(18)8-14(19)15-4-3-7-22-15/h3-4,7,13H,5-6,8-10H2,1-2H3/t13-/m0/s1. The molecule has 1 saturated heterocycles. The van der Waals surface area contributed by atoms with Crippen LogP contribution in [0, 0.1) is 13.8 Å². The number of carbonyl (C=O) groups is 1. The summed E-state index contributed by atoms with van der Waals surface area (Å²) in [5.74, 6) is 1.75. The van der Waals surface area contributed by atoms with Crippen LogP contribution in [0.4, 0.5) is 0 Å². The second kappa shape index (κ2) is 6.73. The molecule has 1 aliphatic heterocycles. The molecule has 5 nitrogen and oxygen atoms in total. The van der Waals surface area contributed by atoms with Gasteiger partial charge in [-0.2, -0.15) is 0 Å². The van der Waals surface area contributed by atoms with Crippen molar-refractivity contribution in [1.29, 1.82) is 0 Å². The first-order chi connectivity index (χ1) is 10.6. The minimum Gasteiger partial charge on any atom is -0.444 e. The number of morpholine rings is 1. The van der Waals surface area contributed by atoms with Gasteiger partial charge in [0.1, 0.15) is 5.76 Å². The quantitative estimate of drug-likeness (QED) is 0.793. The third-order valence-corrected chi connectivity index (χ3v) is 4.89. The molecule has 1 fully saturated rings. The Kier molecular flexibility index (Phi) is 4.71. The van der Waals surface area contributed by atoms with Crippen LogP contribution in [0.1, 0.15) is 33.4 Å². The van der Waals surface area contributed by atoms with Crippen molar-refractivity contribution in [2.75, 3.05) is 19.8 Å². The van der Waals surface area contributed by atoms with Gasteiger partial charge in [-0.25, -0.2) is 4.98 Å². The molecule has 3 heterocycles. The highest BCUT2D eigenvalue weighted by Crippen LogP contribution is 2.20. The number of oxazole rings is 1. The predicted octanol–water partition coefficient (Wildman–Crippen LogP) is 2.83. The molecule has 0 N–H and O–H groups in total. The number of aromatic nitrogens is 1. The van der Waals surface area contributed by atoms with Crippen LogP contribution in [0.3, 0.4) is 0 Å². The average Bonchev–Trinajstić information content (AvgIpc) is 3.12. The maximum absolute atomic E-state index is 12.3. The fourth-order valence-electron chi connectivity index (χ4n) is 2.62. The van der Waals surface area contributed by atoms with Gasteiger partial charge in [-0.15, -0.1) is 11.3 Å². The van der Waals surface area contributed by atoms with Gasteiger partial charge in [-0.3, -0.25) is 9.69 Å². The maximum Gasteiger partial charge on any atom is 0.208 e. The van der Waals surface area contributed by atoms with Crippen LogP contribution in [0.5, 0.6) is 0 Å². The Hall–Kier alpha value is -1.50. The molecule has 22 heavy (non-hydrogen) atoms. The molecule has 0 saturated carbocycles. The molecular formula is C16H20N2O3S. The van der Waals surface area contributed by atoms with Crippen LogP contribution < -0.4 is 0 Å². The number of nitrogens with zero attached hydrogens (tertiary/aromatic N) is 2. The number of hydrogen-bond donors (Lipinski definition) is 0. The predicted molar refractivity (Wildman–Crippen MR) is 84.3 cm³/mol. The summed E-state index contributed by atoms with van der Waals surface area (Å²) in [6.45, 7) is 6.55. The lowest BCUT2D eigenvalue weighted by atomic mass is 10.1.